The third-order valence-electron chi connectivity index (χ3n) is 5.34. The van der Waals surface area contributed by atoms with E-state index in [1.165, 1.54) is 19.4 Å². The molecule has 0 radical (unpaired) electrons. The summed E-state index contributed by atoms with van der Waals surface area (Å²) in [7, 11) is 1.49. The number of nitrogens with zero attached hydrogens (tertiary/aromatic N) is 2. The van der Waals surface area contributed by atoms with Gasteiger partial charge in [-0.15, -0.1) is 0 Å². The summed E-state index contributed by atoms with van der Waals surface area (Å²) in [6.45, 7) is 4.40. The van der Waals surface area contributed by atoms with Crippen LogP contribution in [0.1, 0.15) is 32.1 Å². The molecule has 1 aromatic carbocycles. The van der Waals surface area contributed by atoms with Crippen molar-refractivity contribution in [2.24, 2.45) is 0 Å². The number of para-hydroxylation sites is 2. The van der Waals surface area contributed by atoms with Gasteiger partial charge >= 0.3 is 5.97 Å². The molecule has 0 bridgehead atoms. The van der Waals surface area contributed by atoms with Crippen molar-refractivity contribution in [2.45, 2.75) is 26.5 Å². The van der Waals surface area contributed by atoms with Crippen LogP contribution in [0.2, 0.25) is 0 Å². The molecule has 0 saturated heterocycles. The summed E-state index contributed by atoms with van der Waals surface area (Å²) in [5, 5.41) is 0. The molecule has 3 aromatic rings. The van der Waals surface area contributed by atoms with Crippen LogP contribution in [0.15, 0.2) is 48.7 Å². The molecule has 166 valence electrons. The molecule has 8 nitrogen and oxygen atoms in total. The summed E-state index contributed by atoms with van der Waals surface area (Å²) in [4.78, 5) is 28.9. The molecule has 0 spiro atoms. The second-order valence-electron chi connectivity index (χ2n) is 7.48. The number of Topliss-reactive ketones (excluding diaryl/α,β-unsaturated/α-hetero) is 1. The number of pyridine rings is 1. The highest BCUT2D eigenvalue weighted by Crippen LogP contribution is 2.31. The zero-order chi connectivity index (χ0) is 22.7. The highest BCUT2D eigenvalue weighted by molar-refractivity contribution is 6.00. The lowest BCUT2D eigenvalue weighted by Crippen LogP contribution is -2.33. The number of hydrogen-bond acceptors (Lipinski definition) is 7. The third-order valence-corrected chi connectivity index (χ3v) is 5.34. The molecule has 32 heavy (non-hydrogen) atoms. The number of methoxy groups -OCH3 is 1. The number of carbonyl (C=O) groups excluding carboxylic acids is 2. The second kappa shape index (κ2) is 9.13. The highest BCUT2D eigenvalue weighted by Gasteiger charge is 2.24. The first-order chi connectivity index (χ1) is 15.5. The average Bonchev–Trinajstić information content (AvgIpc) is 3.10. The number of aromatic nitrogens is 2. The lowest BCUT2D eigenvalue weighted by atomic mass is 10.1. The Bertz CT molecular complexity index is 1140. The first-order valence-electron chi connectivity index (χ1n) is 10.2. The number of ketones is 1. The van der Waals surface area contributed by atoms with E-state index in [-0.39, 0.29) is 24.1 Å². The Kier molecular flexibility index (Phi) is 6.11. The molecule has 1 atom stereocenters. The molecule has 0 amide bonds. The molecule has 0 fully saturated rings. The van der Waals surface area contributed by atoms with Crippen molar-refractivity contribution < 1.29 is 28.5 Å². The van der Waals surface area contributed by atoms with Gasteiger partial charge in [-0.1, -0.05) is 12.1 Å². The molecule has 4 rings (SSSR count). The Labute approximate surface area is 185 Å². The number of rotatable bonds is 7. The highest BCUT2D eigenvalue weighted by atomic mass is 16.6. The van der Waals surface area contributed by atoms with Crippen LogP contribution in [-0.2, 0) is 11.3 Å². The molecule has 1 aliphatic rings. The van der Waals surface area contributed by atoms with Crippen LogP contribution in [0.3, 0.4) is 0 Å². The molecule has 0 saturated carbocycles. The van der Waals surface area contributed by atoms with Gasteiger partial charge in [0.05, 0.1) is 19.2 Å². The SMILES string of the molecule is COc1ccc(C(=O)OCC(=O)c2cc(C)n(CC3COc4ccccc4O3)c2C)cn1. The van der Waals surface area contributed by atoms with Gasteiger partial charge in [-0.2, -0.15) is 0 Å². The van der Waals surface area contributed by atoms with Crippen LogP contribution in [0, 0.1) is 13.8 Å². The summed E-state index contributed by atoms with van der Waals surface area (Å²) < 4.78 is 24.0. The van der Waals surface area contributed by atoms with Crippen molar-refractivity contribution in [3.05, 3.63) is 71.2 Å². The zero-order valence-corrected chi connectivity index (χ0v) is 18.2. The van der Waals surface area contributed by atoms with Gasteiger partial charge in [0.2, 0.25) is 11.7 Å². The maximum atomic E-state index is 12.7. The van der Waals surface area contributed by atoms with E-state index in [1.807, 2.05) is 42.7 Å². The van der Waals surface area contributed by atoms with Crippen LogP contribution < -0.4 is 14.2 Å². The molecule has 0 N–H and O–H groups in total. The number of benzene rings is 1. The number of fused-ring (bicyclic) bond motifs is 1. The maximum absolute atomic E-state index is 12.7. The Morgan fingerprint density at radius 2 is 1.94 bits per heavy atom. The first-order valence-corrected chi connectivity index (χ1v) is 10.2. The quantitative estimate of drug-likeness (QED) is 0.414. The molecule has 0 aliphatic carbocycles. The summed E-state index contributed by atoms with van der Waals surface area (Å²) in [5.74, 6) is 0.942. The lowest BCUT2D eigenvalue weighted by molar-refractivity contribution is 0.0474. The van der Waals surface area contributed by atoms with Crippen LogP contribution >= 0.6 is 0 Å². The molecule has 8 heteroatoms. The number of hydrogen-bond donors (Lipinski definition) is 0. The van der Waals surface area contributed by atoms with E-state index >= 15 is 0 Å². The Balaban J connectivity index is 1.39. The minimum absolute atomic E-state index is 0.182. The molecule has 3 heterocycles. The van der Waals surface area contributed by atoms with Crippen molar-refractivity contribution >= 4 is 11.8 Å². The average molecular weight is 436 g/mol. The second-order valence-corrected chi connectivity index (χ2v) is 7.48. The fourth-order valence-corrected chi connectivity index (χ4v) is 3.64. The van der Waals surface area contributed by atoms with Crippen molar-refractivity contribution in [1.29, 1.82) is 0 Å². The molecule has 2 aromatic heterocycles. The molecule has 1 aliphatic heterocycles. The van der Waals surface area contributed by atoms with Gasteiger partial charge in [0, 0.05) is 29.2 Å². The summed E-state index contributed by atoms with van der Waals surface area (Å²) in [5.41, 5.74) is 2.47. The van der Waals surface area contributed by atoms with Crippen molar-refractivity contribution in [2.75, 3.05) is 20.3 Å². The summed E-state index contributed by atoms with van der Waals surface area (Å²) in [6.07, 6.45) is 1.17. The van der Waals surface area contributed by atoms with E-state index in [1.54, 1.807) is 12.1 Å². The van der Waals surface area contributed by atoms with Gasteiger partial charge in [0.25, 0.3) is 0 Å². The standard InChI is InChI=1S/C24H24N2O6/c1-15-10-19(20(27)14-31-24(28)17-8-9-23(29-3)25-11-17)16(2)26(15)12-18-13-30-21-6-4-5-7-22(21)32-18/h4-11,18H,12-14H2,1-3H3. The van der Waals surface area contributed by atoms with E-state index in [2.05, 4.69) is 4.98 Å². The number of esters is 1. The predicted octanol–water partition coefficient (Wildman–Crippen LogP) is 3.39. The predicted molar refractivity (Wildman–Crippen MR) is 116 cm³/mol. The minimum Gasteiger partial charge on any atom is -0.486 e. The minimum atomic E-state index is -0.617. The van der Waals surface area contributed by atoms with Gasteiger partial charge in [-0.3, -0.25) is 4.79 Å². The van der Waals surface area contributed by atoms with Crippen LogP contribution in [0.5, 0.6) is 17.4 Å². The topological polar surface area (TPSA) is 88.9 Å². The normalized spacial score (nSPS) is 14.7. The fourth-order valence-electron chi connectivity index (χ4n) is 3.64. The summed E-state index contributed by atoms with van der Waals surface area (Å²) >= 11 is 0. The number of aryl methyl sites for hydroxylation is 1. The van der Waals surface area contributed by atoms with Crippen molar-refractivity contribution in [1.82, 2.24) is 9.55 Å². The van der Waals surface area contributed by atoms with Crippen molar-refractivity contribution in [3.8, 4) is 17.4 Å². The van der Waals surface area contributed by atoms with E-state index < -0.39 is 5.97 Å². The van der Waals surface area contributed by atoms with Gasteiger partial charge in [-0.05, 0) is 38.1 Å². The zero-order valence-electron chi connectivity index (χ0n) is 18.2. The lowest BCUT2D eigenvalue weighted by Gasteiger charge is -2.27. The van der Waals surface area contributed by atoms with Gasteiger partial charge in [0.1, 0.15) is 6.61 Å². The van der Waals surface area contributed by atoms with Crippen LogP contribution in [0.25, 0.3) is 0 Å². The summed E-state index contributed by atoms with van der Waals surface area (Å²) in [6, 6.07) is 12.4. The number of ether oxygens (including phenoxy) is 4. The Morgan fingerprint density at radius 3 is 2.66 bits per heavy atom. The monoisotopic (exact) mass is 436 g/mol. The van der Waals surface area contributed by atoms with E-state index in [9.17, 15) is 9.59 Å². The van der Waals surface area contributed by atoms with E-state index in [4.69, 9.17) is 18.9 Å². The fraction of sp³-hybridized carbons (Fsp3) is 0.292. The molecule has 1 unspecified atom stereocenters. The van der Waals surface area contributed by atoms with E-state index in [0.717, 1.165) is 17.1 Å². The van der Waals surface area contributed by atoms with Crippen LogP contribution in [0.4, 0.5) is 0 Å². The van der Waals surface area contributed by atoms with Crippen molar-refractivity contribution in [3.63, 3.8) is 0 Å². The third kappa shape index (κ3) is 4.44. The van der Waals surface area contributed by atoms with Crippen LogP contribution in [-0.4, -0.2) is 47.7 Å². The Morgan fingerprint density at radius 1 is 1.16 bits per heavy atom. The van der Waals surface area contributed by atoms with Gasteiger partial charge < -0.3 is 23.5 Å². The van der Waals surface area contributed by atoms with E-state index in [0.29, 0.717) is 30.3 Å². The first kappa shape index (κ1) is 21.4. The Hall–Kier alpha value is -3.81. The maximum Gasteiger partial charge on any atom is 0.340 e. The van der Waals surface area contributed by atoms with Gasteiger partial charge in [0.15, 0.2) is 24.2 Å². The number of carbonyl (C=O) groups is 2. The molecular weight excluding hydrogens is 412 g/mol. The van der Waals surface area contributed by atoms with Gasteiger partial charge in [-0.25, -0.2) is 9.78 Å². The largest absolute Gasteiger partial charge is 0.486 e. The molecular formula is C24H24N2O6. The smallest absolute Gasteiger partial charge is 0.340 e.